The second-order valence-corrected chi connectivity index (χ2v) is 8.80. The van der Waals surface area contributed by atoms with Gasteiger partial charge in [-0.05, 0) is 49.6 Å². The molecule has 4 rings (SSSR count). The minimum atomic E-state index is -0.101. The summed E-state index contributed by atoms with van der Waals surface area (Å²) in [6, 6.07) is 16.6. The second-order valence-electron chi connectivity index (χ2n) is 8.80. The number of nitrogens with one attached hydrogen (secondary N) is 1. The number of piperazine rings is 1. The fourth-order valence-corrected chi connectivity index (χ4v) is 4.45. The molecule has 1 aliphatic heterocycles. The highest BCUT2D eigenvalue weighted by atomic mass is 35.5. The van der Waals surface area contributed by atoms with Crippen LogP contribution in [0.4, 0.5) is 5.69 Å². The van der Waals surface area contributed by atoms with Crippen LogP contribution in [-0.4, -0.2) is 59.6 Å². The van der Waals surface area contributed by atoms with Crippen molar-refractivity contribution in [2.75, 3.05) is 44.2 Å². The molecule has 0 unspecified atom stereocenters. The molecule has 6 nitrogen and oxygen atoms in total. The predicted octanol–water partition coefficient (Wildman–Crippen LogP) is 4.84. The Morgan fingerprint density at radius 1 is 0.971 bits per heavy atom. The van der Waals surface area contributed by atoms with Crippen molar-refractivity contribution in [1.82, 2.24) is 19.8 Å². The van der Waals surface area contributed by atoms with Gasteiger partial charge in [-0.3, -0.25) is 9.69 Å². The van der Waals surface area contributed by atoms with E-state index in [1.54, 1.807) is 0 Å². The van der Waals surface area contributed by atoms with Crippen LogP contribution < -0.4 is 10.2 Å². The van der Waals surface area contributed by atoms with Crippen LogP contribution in [0.25, 0.3) is 5.69 Å². The summed E-state index contributed by atoms with van der Waals surface area (Å²) in [5.41, 5.74) is 5.58. The predicted molar refractivity (Wildman–Crippen MR) is 149 cm³/mol. The van der Waals surface area contributed by atoms with Gasteiger partial charge in [0.1, 0.15) is 11.5 Å². The molecule has 0 bridgehead atoms. The van der Waals surface area contributed by atoms with Crippen molar-refractivity contribution < 1.29 is 4.79 Å². The molecule has 1 fully saturated rings. The minimum Gasteiger partial charge on any atom is -0.369 e. The molecule has 2 heterocycles. The summed E-state index contributed by atoms with van der Waals surface area (Å²) < 4.78 is 2.03. The lowest BCUT2D eigenvalue weighted by Crippen LogP contribution is -2.48. The number of carbonyl (C=O) groups excluding carboxylic acids is 1. The lowest BCUT2D eigenvalue weighted by Gasteiger charge is -2.37. The number of aryl methyl sites for hydroxylation is 2. The van der Waals surface area contributed by atoms with Crippen LogP contribution in [-0.2, 0) is 6.42 Å². The van der Waals surface area contributed by atoms with Gasteiger partial charge >= 0.3 is 0 Å². The van der Waals surface area contributed by atoms with Crippen molar-refractivity contribution in [3.63, 3.8) is 0 Å². The van der Waals surface area contributed by atoms with E-state index in [4.69, 9.17) is 0 Å². The fourth-order valence-electron chi connectivity index (χ4n) is 4.45. The van der Waals surface area contributed by atoms with E-state index < -0.39 is 0 Å². The van der Waals surface area contributed by atoms with E-state index in [0.717, 1.165) is 57.1 Å². The first-order valence-electron chi connectivity index (χ1n) is 12.0. The molecular formula is C27H37Cl2N5O. The molecule has 8 heteroatoms. The second kappa shape index (κ2) is 13.5. The Balaban J connectivity index is 0.00000216. The molecule has 1 amide bonds. The van der Waals surface area contributed by atoms with Crippen LogP contribution in [0.1, 0.15) is 40.8 Å². The minimum absolute atomic E-state index is 0. The highest BCUT2D eigenvalue weighted by Gasteiger charge is 2.19. The van der Waals surface area contributed by atoms with Gasteiger partial charge in [0.15, 0.2) is 0 Å². The van der Waals surface area contributed by atoms with Gasteiger partial charge < -0.3 is 14.8 Å². The number of imidazole rings is 1. The number of halogens is 2. The van der Waals surface area contributed by atoms with E-state index in [1.165, 1.54) is 16.8 Å². The maximum atomic E-state index is 12.8. The number of benzene rings is 2. The zero-order valence-corrected chi connectivity index (χ0v) is 22.5. The molecule has 0 spiro atoms. The fraction of sp³-hybridized carbons (Fsp3) is 0.407. The number of aromatic nitrogens is 2. The van der Waals surface area contributed by atoms with Gasteiger partial charge in [-0.2, -0.15) is 0 Å². The lowest BCUT2D eigenvalue weighted by atomic mass is 10.1. The molecule has 1 aliphatic rings. The van der Waals surface area contributed by atoms with E-state index in [1.807, 2.05) is 41.1 Å². The van der Waals surface area contributed by atoms with E-state index >= 15 is 0 Å². The number of hydrogen-bond donors (Lipinski definition) is 1. The Labute approximate surface area is 221 Å². The number of para-hydroxylation sites is 1. The van der Waals surface area contributed by atoms with Crippen LogP contribution in [0, 0.1) is 13.8 Å². The number of rotatable bonds is 8. The van der Waals surface area contributed by atoms with Gasteiger partial charge in [-0.25, -0.2) is 4.98 Å². The molecule has 1 aromatic heterocycles. The Morgan fingerprint density at radius 2 is 1.69 bits per heavy atom. The summed E-state index contributed by atoms with van der Waals surface area (Å²) in [7, 11) is 0. The maximum Gasteiger partial charge on any atom is 0.271 e. The monoisotopic (exact) mass is 517 g/mol. The van der Waals surface area contributed by atoms with Crippen LogP contribution in [0.5, 0.6) is 0 Å². The molecule has 2 aromatic carbocycles. The SMILES string of the molecule is CCCc1nc(C(=O)NCCN2CCN(c3cccc(C)c3C)CC2)cn1-c1ccccc1.Cl.Cl. The molecule has 1 N–H and O–H groups in total. The van der Waals surface area contributed by atoms with E-state index in [0.29, 0.717) is 12.2 Å². The van der Waals surface area contributed by atoms with Crippen molar-refractivity contribution >= 4 is 36.4 Å². The van der Waals surface area contributed by atoms with Gasteiger partial charge in [-0.1, -0.05) is 37.3 Å². The number of carbonyl (C=O) groups is 1. The van der Waals surface area contributed by atoms with Crippen LogP contribution in [0.2, 0.25) is 0 Å². The van der Waals surface area contributed by atoms with Crippen LogP contribution in [0.3, 0.4) is 0 Å². The summed E-state index contributed by atoms with van der Waals surface area (Å²) in [4.78, 5) is 22.3. The molecular weight excluding hydrogens is 481 g/mol. The van der Waals surface area contributed by atoms with Gasteiger partial charge in [0.2, 0.25) is 0 Å². The van der Waals surface area contributed by atoms with Crippen LogP contribution in [0.15, 0.2) is 54.7 Å². The van der Waals surface area contributed by atoms with Crippen molar-refractivity contribution in [1.29, 1.82) is 0 Å². The quantitative estimate of drug-likeness (QED) is 0.464. The lowest BCUT2D eigenvalue weighted by molar-refractivity contribution is 0.0943. The topological polar surface area (TPSA) is 53.4 Å². The third-order valence-electron chi connectivity index (χ3n) is 6.52. The Kier molecular flexibility index (Phi) is 11.1. The molecule has 35 heavy (non-hydrogen) atoms. The Morgan fingerprint density at radius 3 is 2.37 bits per heavy atom. The summed E-state index contributed by atoms with van der Waals surface area (Å²) in [5.74, 6) is 0.826. The first-order chi connectivity index (χ1) is 16.1. The normalized spacial score (nSPS) is 13.6. The third kappa shape index (κ3) is 7.00. The molecule has 1 saturated heterocycles. The zero-order valence-electron chi connectivity index (χ0n) is 20.9. The molecule has 0 atom stereocenters. The number of amides is 1. The summed E-state index contributed by atoms with van der Waals surface area (Å²) in [5, 5.41) is 3.07. The number of hydrogen-bond acceptors (Lipinski definition) is 4. The highest BCUT2D eigenvalue weighted by Crippen LogP contribution is 2.23. The first kappa shape index (κ1) is 28.7. The van der Waals surface area contributed by atoms with Crippen molar-refractivity contribution in [2.24, 2.45) is 0 Å². The summed E-state index contributed by atoms with van der Waals surface area (Å²) >= 11 is 0. The first-order valence-corrected chi connectivity index (χ1v) is 12.0. The van der Waals surface area contributed by atoms with Crippen molar-refractivity contribution in [2.45, 2.75) is 33.6 Å². The molecule has 3 aromatic rings. The molecule has 190 valence electrons. The van der Waals surface area contributed by atoms with E-state index in [-0.39, 0.29) is 30.7 Å². The molecule has 0 aliphatic carbocycles. The standard InChI is InChI=1S/C27H35N5O.2ClH/c1-4-9-26-29-24(20-32(26)23-11-6-5-7-12-23)27(33)28-14-15-30-16-18-31(19-17-30)25-13-8-10-21(2)22(25)3;;/h5-8,10-13,20H,4,9,14-19H2,1-3H3,(H,28,33);2*1H. The van der Waals surface area contributed by atoms with E-state index in [9.17, 15) is 4.79 Å². The summed E-state index contributed by atoms with van der Waals surface area (Å²) in [6.07, 6.45) is 3.68. The largest absolute Gasteiger partial charge is 0.369 e. The number of nitrogens with zero attached hydrogens (tertiary/aromatic N) is 4. The Bertz CT molecular complexity index is 1080. The summed E-state index contributed by atoms with van der Waals surface area (Å²) in [6.45, 7) is 12.0. The smallest absolute Gasteiger partial charge is 0.271 e. The average Bonchev–Trinajstić information content (AvgIpc) is 3.26. The zero-order chi connectivity index (χ0) is 23.2. The molecule has 0 radical (unpaired) electrons. The van der Waals surface area contributed by atoms with Gasteiger partial charge in [-0.15, -0.1) is 24.8 Å². The van der Waals surface area contributed by atoms with Crippen molar-refractivity contribution in [3.05, 3.63) is 77.4 Å². The van der Waals surface area contributed by atoms with Gasteiger partial charge in [0.05, 0.1) is 0 Å². The third-order valence-corrected chi connectivity index (χ3v) is 6.52. The van der Waals surface area contributed by atoms with Gasteiger partial charge in [0.25, 0.3) is 5.91 Å². The van der Waals surface area contributed by atoms with Crippen molar-refractivity contribution in [3.8, 4) is 5.69 Å². The Hall–Kier alpha value is -2.54. The van der Waals surface area contributed by atoms with Crippen LogP contribution >= 0.6 is 24.8 Å². The van der Waals surface area contributed by atoms with Gasteiger partial charge in [0, 0.05) is 63.3 Å². The van der Waals surface area contributed by atoms with E-state index in [2.05, 4.69) is 59.1 Å². The highest BCUT2D eigenvalue weighted by molar-refractivity contribution is 5.92. The average molecular weight is 519 g/mol. The molecule has 0 saturated carbocycles. The maximum absolute atomic E-state index is 12.8. The number of anilines is 1.